The van der Waals surface area contributed by atoms with E-state index < -0.39 is 0 Å². The smallest absolute Gasteiger partial charge is 0.328 e. The van der Waals surface area contributed by atoms with Gasteiger partial charge in [-0.25, -0.2) is 4.79 Å². The summed E-state index contributed by atoms with van der Waals surface area (Å²) in [5.74, 6) is -0.156. The molecular formula is C14H24N2O3. The van der Waals surface area contributed by atoms with Crippen LogP contribution in [0.2, 0.25) is 0 Å². The summed E-state index contributed by atoms with van der Waals surface area (Å²) in [4.78, 5) is 28.2. The maximum atomic E-state index is 12.3. The van der Waals surface area contributed by atoms with Gasteiger partial charge < -0.3 is 9.64 Å². The molecule has 5 heteroatoms. The first-order valence-corrected chi connectivity index (χ1v) is 7.41. The zero-order chi connectivity index (χ0) is 13.7. The lowest BCUT2D eigenvalue weighted by Gasteiger charge is -2.35. The first-order chi connectivity index (χ1) is 9.22. The molecule has 2 fully saturated rings. The van der Waals surface area contributed by atoms with Crippen LogP contribution in [0.5, 0.6) is 0 Å². The highest BCUT2D eigenvalue weighted by molar-refractivity contribution is 5.85. The predicted molar refractivity (Wildman–Crippen MR) is 71.7 cm³/mol. The van der Waals surface area contributed by atoms with Crippen LogP contribution in [-0.2, 0) is 14.3 Å². The molecule has 0 unspecified atom stereocenters. The van der Waals surface area contributed by atoms with Gasteiger partial charge in [0.2, 0.25) is 5.91 Å². The molecule has 0 aliphatic carbocycles. The van der Waals surface area contributed by atoms with Crippen molar-refractivity contribution >= 4 is 11.9 Å². The summed E-state index contributed by atoms with van der Waals surface area (Å²) < 4.78 is 5.09. The lowest BCUT2D eigenvalue weighted by molar-refractivity contribution is -0.156. The first kappa shape index (κ1) is 14.3. The van der Waals surface area contributed by atoms with E-state index in [2.05, 4.69) is 4.90 Å². The van der Waals surface area contributed by atoms with Gasteiger partial charge in [-0.15, -0.1) is 0 Å². The number of amides is 1. The number of hydrogen-bond acceptors (Lipinski definition) is 4. The minimum atomic E-state index is -0.358. The second kappa shape index (κ2) is 6.89. The van der Waals surface area contributed by atoms with Crippen LogP contribution in [0, 0.1) is 0 Å². The molecule has 108 valence electrons. The van der Waals surface area contributed by atoms with Gasteiger partial charge >= 0.3 is 5.97 Å². The summed E-state index contributed by atoms with van der Waals surface area (Å²) >= 11 is 0. The highest BCUT2D eigenvalue weighted by Crippen LogP contribution is 2.19. The fraction of sp³-hybridized carbons (Fsp3) is 0.857. The molecule has 19 heavy (non-hydrogen) atoms. The van der Waals surface area contributed by atoms with E-state index in [0.717, 1.165) is 32.4 Å². The van der Waals surface area contributed by atoms with E-state index >= 15 is 0 Å². The van der Waals surface area contributed by atoms with E-state index in [9.17, 15) is 9.59 Å². The standard InChI is InChI=1S/C14H24N2O3/c1-2-19-14(18)12-7-3-4-10-16(12)13(17)11-15-8-5-6-9-15/h12H,2-11H2,1H3/t12-/m0/s1. The minimum absolute atomic E-state index is 0.0830. The molecule has 0 spiro atoms. The van der Waals surface area contributed by atoms with Crippen molar-refractivity contribution in [2.45, 2.75) is 45.1 Å². The maximum absolute atomic E-state index is 12.3. The van der Waals surface area contributed by atoms with Crippen LogP contribution < -0.4 is 0 Å². The first-order valence-electron chi connectivity index (χ1n) is 7.41. The molecule has 0 saturated carbocycles. The summed E-state index contributed by atoms with van der Waals surface area (Å²) in [6.07, 6.45) is 5.08. The van der Waals surface area contributed by atoms with Crippen LogP contribution in [0.3, 0.4) is 0 Å². The number of carbonyl (C=O) groups is 2. The van der Waals surface area contributed by atoms with Crippen molar-refractivity contribution in [1.82, 2.24) is 9.80 Å². The molecule has 1 atom stereocenters. The second-order valence-corrected chi connectivity index (χ2v) is 5.33. The van der Waals surface area contributed by atoms with Gasteiger partial charge in [-0.2, -0.15) is 0 Å². The molecule has 0 aromatic heterocycles. The average Bonchev–Trinajstić information content (AvgIpc) is 2.92. The number of ether oxygens (including phenoxy) is 1. The Labute approximate surface area is 114 Å². The van der Waals surface area contributed by atoms with Gasteiger partial charge in [-0.05, 0) is 52.1 Å². The third-order valence-corrected chi connectivity index (χ3v) is 3.94. The van der Waals surface area contributed by atoms with Crippen LogP contribution in [0.25, 0.3) is 0 Å². The van der Waals surface area contributed by atoms with Crippen molar-refractivity contribution in [3.05, 3.63) is 0 Å². The van der Waals surface area contributed by atoms with E-state index in [1.807, 2.05) is 0 Å². The molecule has 0 aromatic rings. The molecule has 0 aromatic carbocycles. The van der Waals surface area contributed by atoms with Crippen LogP contribution in [-0.4, -0.2) is 60.5 Å². The Balaban J connectivity index is 1.93. The van der Waals surface area contributed by atoms with E-state index in [-0.39, 0.29) is 17.9 Å². The van der Waals surface area contributed by atoms with Crippen molar-refractivity contribution in [1.29, 1.82) is 0 Å². The monoisotopic (exact) mass is 268 g/mol. The molecule has 2 saturated heterocycles. The average molecular weight is 268 g/mol. The quantitative estimate of drug-likeness (QED) is 0.715. The van der Waals surface area contributed by atoms with Gasteiger partial charge in [-0.3, -0.25) is 9.69 Å². The van der Waals surface area contributed by atoms with Crippen LogP contribution in [0.4, 0.5) is 0 Å². The topological polar surface area (TPSA) is 49.9 Å². The molecule has 2 aliphatic rings. The van der Waals surface area contributed by atoms with E-state index in [1.54, 1.807) is 11.8 Å². The highest BCUT2D eigenvalue weighted by Gasteiger charge is 2.33. The molecule has 0 N–H and O–H groups in total. The second-order valence-electron chi connectivity index (χ2n) is 5.33. The number of carbonyl (C=O) groups excluding carboxylic acids is 2. The molecule has 0 radical (unpaired) electrons. The summed E-state index contributed by atoms with van der Waals surface area (Å²) in [6.45, 7) is 5.33. The number of rotatable bonds is 4. The van der Waals surface area contributed by atoms with Crippen molar-refractivity contribution in [3.63, 3.8) is 0 Å². The van der Waals surface area contributed by atoms with Crippen LogP contribution in [0.1, 0.15) is 39.0 Å². The third-order valence-electron chi connectivity index (χ3n) is 3.94. The van der Waals surface area contributed by atoms with E-state index in [0.29, 0.717) is 19.7 Å². The van der Waals surface area contributed by atoms with Crippen molar-refractivity contribution in [3.8, 4) is 0 Å². The van der Waals surface area contributed by atoms with Gasteiger partial charge in [0.1, 0.15) is 6.04 Å². The largest absolute Gasteiger partial charge is 0.464 e. The SMILES string of the molecule is CCOC(=O)[C@@H]1CCCCN1C(=O)CN1CCCC1. The summed E-state index contributed by atoms with van der Waals surface area (Å²) in [5, 5.41) is 0. The number of hydrogen-bond donors (Lipinski definition) is 0. The Morgan fingerprint density at radius 3 is 2.47 bits per heavy atom. The summed E-state index contributed by atoms with van der Waals surface area (Å²) in [7, 11) is 0. The fourth-order valence-corrected chi connectivity index (χ4v) is 2.94. The van der Waals surface area contributed by atoms with Gasteiger partial charge in [-0.1, -0.05) is 0 Å². The lowest BCUT2D eigenvalue weighted by atomic mass is 10.0. The summed E-state index contributed by atoms with van der Waals surface area (Å²) in [6, 6.07) is -0.358. The Morgan fingerprint density at radius 1 is 1.11 bits per heavy atom. The molecule has 5 nitrogen and oxygen atoms in total. The number of nitrogens with zero attached hydrogens (tertiary/aromatic N) is 2. The van der Waals surface area contributed by atoms with Crippen molar-refractivity contribution in [2.24, 2.45) is 0 Å². The van der Waals surface area contributed by atoms with Gasteiger partial charge in [0.25, 0.3) is 0 Å². The van der Waals surface area contributed by atoms with Crippen molar-refractivity contribution in [2.75, 3.05) is 32.8 Å². The predicted octanol–water partition coefficient (Wildman–Crippen LogP) is 1.03. The molecular weight excluding hydrogens is 244 g/mol. The third kappa shape index (κ3) is 3.69. The number of piperidine rings is 1. The Hall–Kier alpha value is -1.10. The van der Waals surface area contributed by atoms with Gasteiger partial charge in [0.15, 0.2) is 0 Å². The van der Waals surface area contributed by atoms with E-state index in [4.69, 9.17) is 4.74 Å². The van der Waals surface area contributed by atoms with Crippen LogP contribution in [0.15, 0.2) is 0 Å². The zero-order valence-electron chi connectivity index (χ0n) is 11.8. The molecule has 2 heterocycles. The Bertz CT molecular complexity index is 327. The fourth-order valence-electron chi connectivity index (χ4n) is 2.94. The molecule has 0 bridgehead atoms. The van der Waals surface area contributed by atoms with Gasteiger partial charge in [0, 0.05) is 6.54 Å². The maximum Gasteiger partial charge on any atom is 0.328 e. The van der Waals surface area contributed by atoms with Gasteiger partial charge in [0.05, 0.1) is 13.2 Å². The molecule has 1 amide bonds. The molecule has 2 aliphatic heterocycles. The molecule has 2 rings (SSSR count). The summed E-state index contributed by atoms with van der Waals surface area (Å²) in [5.41, 5.74) is 0. The normalized spacial score (nSPS) is 24.5. The van der Waals surface area contributed by atoms with Crippen LogP contribution >= 0.6 is 0 Å². The van der Waals surface area contributed by atoms with Crippen molar-refractivity contribution < 1.29 is 14.3 Å². The number of likely N-dealkylation sites (tertiary alicyclic amines) is 2. The Kier molecular flexibility index (Phi) is 5.19. The zero-order valence-corrected chi connectivity index (χ0v) is 11.8. The minimum Gasteiger partial charge on any atom is -0.464 e. The van der Waals surface area contributed by atoms with E-state index in [1.165, 1.54) is 12.8 Å². The highest BCUT2D eigenvalue weighted by atomic mass is 16.5. The number of esters is 1. The lowest BCUT2D eigenvalue weighted by Crippen LogP contribution is -2.51. The Morgan fingerprint density at radius 2 is 1.79 bits per heavy atom.